The highest BCUT2D eigenvalue weighted by atomic mass is 15.5. The van der Waals surface area contributed by atoms with E-state index in [-0.39, 0.29) is 0 Å². The topological polar surface area (TPSA) is 133 Å². The maximum absolute atomic E-state index is 3.94. The summed E-state index contributed by atoms with van der Waals surface area (Å²) in [5, 5.41) is 27.7. The van der Waals surface area contributed by atoms with Gasteiger partial charge >= 0.3 is 0 Å². The van der Waals surface area contributed by atoms with Gasteiger partial charge in [0, 0.05) is 11.1 Å². The van der Waals surface area contributed by atoms with E-state index in [1.54, 1.807) is 0 Å². The molecule has 4 rings (SSSR count). The number of hydrogen-bond acceptors (Lipinski definition) is 8. The van der Waals surface area contributed by atoms with Crippen molar-refractivity contribution in [3.8, 4) is 22.8 Å². The van der Waals surface area contributed by atoms with Crippen LogP contribution in [-0.2, 0) is 0 Å². The van der Waals surface area contributed by atoms with Gasteiger partial charge in [-0.2, -0.15) is 10.4 Å². The molecule has 0 unspecified atom stereocenters. The Balaban J connectivity index is 1.40. The Morgan fingerprint density at radius 3 is 1.33 bits per heavy atom. The lowest BCUT2D eigenvalue weighted by molar-refractivity contribution is 0.881. The molecule has 0 saturated heterocycles. The Morgan fingerprint density at radius 1 is 0.583 bits per heavy atom. The number of aromatic amines is 2. The van der Waals surface area contributed by atoms with Gasteiger partial charge in [0.15, 0.2) is 0 Å². The highest BCUT2D eigenvalue weighted by Crippen LogP contribution is 2.19. The third kappa shape index (κ3) is 2.88. The van der Waals surface area contributed by atoms with Crippen molar-refractivity contribution in [3.05, 3.63) is 48.5 Å². The van der Waals surface area contributed by atoms with E-state index in [0.29, 0.717) is 11.6 Å². The molecule has 2 aromatic heterocycles. The third-order valence-electron chi connectivity index (χ3n) is 3.33. The highest BCUT2D eigenvalue weighted by Gasteiger charge is 2.03. The van der Waals surface area contributed by atoms with Crippen LogP contribution < -0.4 is 10.9 Å². The molecule has 10 nitrogen and oxygen atoms in total. The summed E-state index contributed by atoms with van der Waals surface area (Å²) in [6, 6.07) is 15.3. The second-order valence-electron chi connectivity index (χ2n) is 4.88. The fraction of sp³-hybridized carbons (Fsp3) is 0. The van der Waals surface area contributed by atoms with Crippen LogP contribution in [0.1, 0.15) is 0 Å². The zero-order valence-corrected chi connectivity index (χ0v) is 12.3. The molecule has 0 spiro atoms. The molecule has 2 aromatic carbocycles. The van der Waals surface area contributed by atoms with Gasteiger partial charge in [0.25, 0.3) is 0 Å². The van der Waals surface area contributed by atoms with Crippen LogP contribution in [0.2, 0.25) is 0 Å². The Bertz CT molecular complexity index is 804. The number of tetrazole rings is 2. The summed E-state index contributed by atoms with van der Waals surface area (Å²) in [6.45, 7) is 0. The van der Waals surface area contributed by atoms with Gasteiger partial charge in [-0.25, -0.2) is 0 Å². The molecule has 0 bridgehead atoms. The maximum atomic E-state index is 3.94. The quantitative estimate of drug-likeness (QED) is 0.406. The van der Waals surface area contributed by atoms with Crippen LogP contribution in [0.4, 0.5) is 11.4 Å². The number of nitrogens with one attached hydrogen (secondary N) is 4. The Morgan fingerprint density at radius 2 is 1.00 bits per heavy atom. The number of anilines is 2. The van der Waals surface area contributed by atoms with E-state index in [0.717, 1.165) is 22.5 Å². The molecule has 4 N–H and O–H groups in total. The van der Waals surface area contributed by atoms with Crippen LogP contribution in [0, 0.1) is 0 Å². The van der Waals surface area contributed by atoms with Crippen LogP contribution in [-0.4, -0.2) is 41.2 Å². The number of hydrogen-bond donors (Lipinski definition) is 4. The number of benzene rings is 2. The number of hydrazine groups is 1. The fourth-order valence-electron chi connectivity index (χ4n) is 2.12. The summed E-state index contributed by atoms with van der Waals surface area (Å²) in [5.41, 5.74) is 9.84. The molecule has 0 radical (unpaired) electrons. The van der Waals surface area contributed by atoms with Crippen LogP contribution in [0.3, 0.4) is 0 Å². The SMILES string of the molecule is c1cc(-c2nn[nH]n2)ccc1NNc1ccc(-c2nn[nH]n2)cc1. The summed E-state index contributed by atoms with van der Waals surface area (Å²) in [7, 11) is 0. The van der Waals surface area contributed by atoms with Gasteiger partial charge < -0.3 is 10.9 Å². The standard InChI is InChI=1S/C14H12N10/c1-5-11(6-2-9(1)13-17-21-22-18-13)15-16-12-7-3-10(4-8-12)14-19-23-24-20-14/h1-8,15-16H,(H,17,18,21,22)(H,19,20,23,24). The maximum Gasteiger partial charge on any atom is 0.204 e. The van der Waals surface area contributed by atoms with E-state index >= 15 is 0 Å². The number of nitrogens with zero attached hydrogens (tertiary/aromatic N) is 6. The second kappa shape index (κ2) is 6.12. The molecule has 0 aliphatic heterocycles. The van der Waals surface area contributed by atoms with E-state index in [1.165, 1.54) is 0 Å². The molecule has 24 heavy (non-hydrogen) atoms. The summed E-state index contributed by atoms with van der Waals surface area (Å²) in [5.74, 6) is 1.12. The number of aromatic nitrogens is 8. The van der Waals surface area contributed by atoms with E-state index in [2.05, 4.69) is 52.1 Å². The van der Waals surface area contributed by atoms with E-state index in [4.69, 9.17) is 0 Å². The van der Waals surface area contributed by atoms with Crippen molar-refractivity contribution >= 4 is 11.4 Å². The minimum absolute atomic E-state index is 0.562. The van der Waals surface area contributed by atoms with Gasteiger partial charge in [-0.1, -0.05) is 0 Å². The van der Waals surface area contributed by atoms with Gasteiger partial charge in [-0.05, 0) is 59.0 Å². The molecular formula is C14H12N10. The van der Waals surface area contributed by atoms with Crippen LogP contribution >= 0.6 is 0 Å². The van der Waals surface area contributed by atoms with E-state index in [1.807, 2.05) is 48.5 Å². The Hall–Kier alpha value is -3.82. The normalized spacial score (nSPS) is 10.5. The molecule has 0 fully saturated rings. The molecule has 10 heteroatoms. The largest absolute Gasteiger partial charge is 0.301 e. The first-order valence-corrected chi connectivity index (χ1v) is 7.08. The minimum atomic E-state index is 0.562. The van der Waals surface area contributed by atoms with Crippen molar-refractivity contribution in [2.75, 3.05) is 10.9 Å². The minimum Gasteiger partial charge on any atom is -0.301 e. The molecule has 0 aliphatic carbocycles. The summed E-state index contributed by atoms with van der Waals surface area (Å²) in [6.07, 6.45) is 0. The monoisotopic (exact) mass is 320 g/mol. The molecule has 4 aromatic rings. The zero-order chi connectivity index (χ0) is 16.2. The van der Waals surface area contributed by atoms with Gasteiger partial charge in [-0.15, -0.1) is 20.4 Å². The molecule has 0 atom stereocenters. The lowest BCUT2D eigenvalue weighted by atomic mass is 10.2. The zero-order valence-electron chi connectivity index (χ0n) is 12.3. The predicted octanol–water partition coefficient (Wildman–Crippen LogP) is 1.49. The third-order valence-corrected chi connectivity index (χ3v) is 3.33. The van der Waals surface area contributed by atoms with Crippen molar-refractivity contribution < 1.29 is 0 Å². The first kappa shape index (κ1) is 13.8. The lowest BCUT2D eigenvalue weighted by Crippen LogP contribution is -2.08. The predicted molar refractivity (Wildman–Crippen MR) is 86.5 cm³/mol. The van der Waals surface area contributed by atoms with Crippen LogP contribution in [0.25, 0.3) is 22.8 Å². The van der Waals surface area contributed by atoms with Crippen molar-refractivity contribution in [1.29, 1.82) is 0 Å². The molecule has 2 heterocycles. The molecular weight excluding hydrogens is 308 g/mol. The second-order valence-corrected chi connectivity index (χ2v) is 4.88. The van der Waals surface area contributed by atoms with Crippen LogP contribution in [0.5, 0.6) is 0 Å². The van der Waals surface area contributed by atoms with Crippen molar-refractivity contribution in [1.82, 2.24) is 41.2 Å². The molecule has 0 saturated carbocycles. The molecule has 0 aliphatic rings. The van der Waals surface area contributed by atoms with Crippen LogP contribution in [0.15, 0.2) is 48.5 Å². The molecule has 0 amide bonds. The van der Waals surface area contributed by atoms with Gasteiger partial charge in [0.1, 0.15) is 0 Å². The fourth-order valence-corrected chi connectivity index (χ4v) is 2.12. The first-order chi connectivity index (χ1) is 11.9. The summed E-state index contributed by atoms with van der Waals surface area (Å²) in [4.78, 5) is 0. The number of rotatable bonds is 5. The van der Waals surface area contributed by atoms with Crippen molar-refractivity contribution in [3.63, 3.8) is 0 Å². The molecule has 118 valence electrons. The van der Waals surface area contributed by atoms with Crippen molar-refractivity contribution in [2.45, 2.75) is 0 Å². The van der Waals surface area contributed by atoms with E-state index < -0.39 is 0 Å². The Kier molecular flexibility index (Phi) is 3.52. The van der Waals surface area contributed by atoms with Crippen molar-refractivity contribution in [2.24, 2.45) is 0 Å². The van der Waals surface area contributed by atoms with Gasteiger partial charge in [0.2, 0.25) is 11.6 Å². The van der Waals surface area contributed by atoms with Gasteiger partial charge in [0.05, 0.1) is 11.4 Å². The Labute approximate surface area is 135 Å². The smallest absolute Gasteiger partial charge is 0.204 e. The average Bonchev–Trinajstić information content (AvgIpc) is 3.34. The number of H-pyrrole nitrogens is 2. The highest BCUT2D eigenvalue weighted by molar-refractivity contribution is 5.62. The average molecular weight is 320 g/mol. The van der Waals surface area contributed by atoms with Gasteiger partial charge in [-0.3, -0.25) is 0 Å². The lowest BCUT2D eigenvalue weighted by Gasteiger charge is -2.10. The summed E-state index contributed by atoms with van der Waals surface area (Å²) >= 11 is 0. The van der Waals surface area contributed by atoms with E-state index in [9.17, 15) is 0 Å². The first-order valence-electron chi connectivity index (χ1n) is 7.08. The summed E-state index contributed by atoms with van der Waals surface area (Å²) < 4.78 is 0.